The van der Waals surface area contributed by atoms with Crippen LogP contribution in [-0.2, 0) is 16.6 Å². The summed E-state index contributed by atoms with van der Waals surface area (Å²) >= 11 is 0. The first-order valence-corrected chi connectivity index (χ1v) is 7.90. The average molecular weight is 324 g/mol. The van der Waals surface area contributed by atoms with Crippen LogP contribution in [0.2, 0.25) is 0 Å². The predicted molar refractivity (Wildman–Crippen MR) is 93.4 cm³/mol. The Bertz CT molecular complexity index is 803. The minimum atomic E-state index is -0.229. The highest BCUT2D eigenvalue weighted by Gasteiger charge is 2.29. The van der Waals surface area contributed by atoms with Crippen molar-refractivity contribution in [2.45, 2.75) is 19.8 Å². The highest BCUT2D eigenvalue weighted by molar-refractivity contribution is 6.03. The molecule has 1 aromatic carbocycles. The average Bonchev–Trinajstić information content (AvgIpc) is 3.31. The lowest BCUT2D eigenvalue weighted by atomic mass is 10.1. The molecule has 0 radical (unpaired) electrons. The van der Waals surface area contributed by atoms with Gasteiger partial charge < -0.3 is 10.6 Å². The Hall–Kier alpha value is -2.89. The molecule has 0 unspecified atom stereocenters. The van der Waals surface area contributed by atoms with E-state index in [2.05, 4.69) is 15.7 Å². The molecule has 1 heterocycles. The first-order chi connectivity index (χ1) is 11.5. The topological polar surface area (TPSA) is 76.0 Å². The van der Waals surface area contributed by atoms with Crippen LogP contribution in [0.4, 0.5) is 11.4 Å². The van der Waals surface area contributed by atoms with E-state index in [0.717, 1.165) is 24.0 Å². The number of aromatic nitrogens is 2. The molecular formula is C18H20N4O2. The number of nitrogens with one attached hydrogen (secondary N) is 2. The van der Waals surface area contributed by atoms with Crippen LogP contribution >= 0.6 is 0 Å². The zero-order chi connectivity index (χ0) is 17.1. The first-order valence-electron chi connectivity index (χ1n) is 7.90. The summed E-state index contributed by atoms with van der Waals surface area (Å²) in [5, 5.41) is 9.77. The molecule has 124 valence electrons. The molecule has 6 heteroatoms. The van der Waals surface area contributed by atoms with Crippen LogP contribution in [0.1, 0.15) is 24.0 Å². The molecule has 3 rings (SSSR count). The minimum Gasteiger partial charge on any atom is -0.326 e. The summed E-state index contributed by atoms with van der Waals surface area (Å²) in [7, 11) is 1.82. The van der Waals surface area contributed by atoms with Crippen molar-refractivity contribution >= 4 is 29.3 Å². The van der Waals surface area contributed by atoms with E-state index in [0.29, 0.717) is 11.4 Å². The van der Waals surface area contributed by atoms with Gasteiger partial charge in [-0.3, -0.25) is 14.3 Å². The Morgan fingerprint density at radius 3 is 2.75 bits per heavy atom. The molecule has 1 saturated carbocycles. The van der Waals surface area contributed by atoms with Crippen molar-refractivity contribution in [3.8, 4) is 0 Å². The fourth-order valence-corrected chi connectivity index (χ4v) is 2.30. The van der Waals surface area contributed by atoms with E-state index in [-0.39, 0.29) is 17.7 Å². The lowest BCUT2D eigenvalue weighted by Crippen LogP contribution is -2.14. The summed E-state index contributed by atoms with van der Waals surface area (Å²) in [6.07, 6.45) is 8.59. The van der Waals surface area contributed by atoms with Gasteiger partial charge in [-0.1, -0.05) is 6.07 Å². The molecule has 0 saturated heterocycles. The van der Waals surface area contributed by atoms with Crippen LogP contribution in [0.25, 0.3) is 6.08 Å². The van der Waals surface area contributed by atoms with Gasteiger partial charge in [-0.05, 0) is 43.5 Å². The summed E-state index contributed by atoms with van der Waals surface area (Å²) in [5.74, 6) is -0.0352. The van der Waals surface area contributed by atoms with Gasteiger partial charge in [0.05, 0.1) is 6.20 Å². The third-order valence-electron chi connectivity index (χ3n) is 3.86. The highest BCUT2D eigenvalue weighted by atomic mass is 16.2. The Kier molecular flexibility index (Phi) is 4.46. The lowest BCUT2D eigenvalue weighted by molar-refractivity contribution is -0.117. The summed E-state index contributed by atoms with van der Waals surface area (Å²) in [6.45, 7) is 1.91. The smallest absolute Gasteiger partial charge is 0.248 e. The number of benzene rings is 1. The molecule has 2 aromatic rings. The minimum absolute atomic E-state index is 0.0487. The van der Waals surface area contributed by atoms with Crippen LogP contribution < -0.4 is 10.6 Å². The van der Waals surface area contributed by atoms with Crippen molar-refractivity contribution < 1.29 is 9.59 Å². The van der Waals surface area contributed by atoms with Crippen molar-refractivity contribution in [3.05, 3.63) is 47.8 Å². The van der Waals surface area contributed by atoms with Gasteiger partial charge in [0.1, 0.15) is 0 Å². The summed E-state index contributed by atoms with van der Waals surface area (Å²) < 4.78 is 1.67. The predicted octanol–water partition coefficient (Wildman–Crippen LogP) is 2.73. The monoisotopic (exact) mass is 324 g/mol. The second-order valence-electron chi connectivity index (χ2n) is 6.06. The van der Waals surface area contributed by atoms with E-state index >= 15 is 0 Å². The molecule has 6 nitrogen and oxygen atoms in total. The summed E-state index contributed by atoms with van der Waals surface area (Å²) in [5.41, 5.74) is 3.17. The van der Waals surface area contributed by atoms with Gasteiger partial charge in [0.25, 0.3) is 0 Å². The van der Waals surface area contributed by atoms with Gasteiger partial charge in [-0.15, -0.1) is 0 Å². The largest absolute Gasteiger partial charge is 0.326 e. The molecule has 0 spiro atoms. The maximum Gasteiger partial charge on any atom is 0.248 e. The number of hydrogen-bond acceptors (Lipinski definition) is 3. The van der Waals surface area contributed by atoms with Gasteiger partial charge in [0.2, 0.25) is 11.8 Å². The zero-order valence-electron chi connectivity index (χ0n) is 13.7. The number of nitrogens with zero attached hydrogens (tertiary/aromatic N) is 2. The van der Waals surface area contributed by atoms with E-state index in [1.165, 1.54) is 6.08 Å². The molecule has 0 bridgehead atoms. The molecular weight excluding hydrogens is 304 g/mol. The normalized spacial score (nSPS) is 13.9. The third-order valence-corrected chi connectivity index (χ3v) is 3.86. The Morgan fingerprint density at radius 1 is 1.29 bits per heavy atom. The Balaban J connectivity index is 1.65. The quantitative estimate of drug-likeness (QED) is 0.830. The Morgan fingerprint density at radius 2 is 2.08 bits per heavy atom. The number of hydrogen-bond donors (Lipinski definition) is 2. The zero-order valence-corrected chi connectivity index (χ0v) is 13.7. The first kappa shape index (κ1) is 16.0. The maximum absolute atomic E-state index is 12.1. The van der Waals surface area contributed by atoms with Gasteiger partial charge in [-0.25, -0.2) is 0 Å². The molecule has 1 aliphatic carbocycles. The van der Waals surface area contributed by atoms with Gasteiger partial charge in [0.15, 0.2) is 0 Å². The Labute approximate surface area is 140 Å². The van der Waals surface area contributed by atoms with E-state index in [4.69, 9.17) is 0 Å². The molecule has 0 atom stereocenters. The molecule has 0 aliphatic heterocycles. The fraction of sp³-hybridized carbons (Fsp3) is 0.278. The third kappa shape index (κ3) is 4.10. The van der Waals surface area contributed by atoms with Crippen LogP contribution in [0.5, 0.6) is 0 Å². The molecule has 24 heavy (non-hydrogen) atoms. The number of rotatable bonds is 5. The standard InChI is InChI=1S/C18H20N4O2/c1-12-3-7-15(20-18(24)14-5-6-14)9-16(12)21-17(23)8-4-13-10-19-22(2)11-13/h3-4,7-11,14H,5-6H2,1-2H3,(H,20,24)(H,21,23)/b8-4+. The van der Waals surface area contributed by atoms with E-state index < -0.39 is 0 Å². The van der Waals surface area contributed by atoms with E-state index in [1.54, 1.807) is 23.0 Å². The van der Waals surface area contributed by atoms with Crippen LogP contribution in [0.3, 0.4) is 0 Å². The maximum atomic E-state index is 12.1. The number of aryl methyl sites for hydroxylation is 2. The number of amides is 2. The van der Waals surface area contributed by atoms with Gasteiger partial charge in [0, 0.05) is 42.2 Å². The highest BCUT2D eigenvalue weighted by Crippen LogP contribution is 2.30. The SMILES string of the molecule is Cc1ccc(NC(=O)C2CC2)cc1NC(=O)/C=C/c1cnn(C)c1. The van der Waals surface area contributed by atoms with Crippen molar-refractivity contribution in [3.63, 3.8) is 0 Å². The van der Waals surface area contributed by atoms with Crippen molar-refractivity contribution in [1.82, 2.24) is 9.78 Å². The molecule has 1 aromatic heterocycles. The second-order valence-corrected chi connectivity index (χ2v) is 6.06. The van der Waals surface area contributed by atoms with E-state index in [1.807, 2.05) is 32.3 Å². The van der Waals surface area contributed by atoms with Crippen molar-refractivity contribution in [1.29, 1.82) is 0 Å². The fourth-order valence-electron chi connectivity index (χ4n) is 2.30. The number of anilines is 2. The second kappa shape index (κ2) is 6.70. The number of carbonyl (C=O) groups is 2. The van der Waals surface area contributed by atoms with Crippen LogP contribution in [0, 0.1) is 12.8 Å². The molecule has 2 amide bonds. The van der Waals surface area contributed by atoms with Gasteiger partial charge in [-0.2, -0.15) is 5.10 Å². The molecule has 2 N–H and O–H groups in total. The lowest BCUT2D eigenvalue weighted by Gasteiger charge is -2.10. The van der Waals surface area contributed by atoms with Gasteiger partial charge >= 0.3 is 0 Å². The van der Waals surface area contributed by atoms with Crippen molar-refractivity contribution in [2.24, 2.45) is 13.0 Å². The summed E-state index contributed by atoms with van der Waals surface area (Å²) in [4.78, 5) is 23.9. The van der Waals surface area contributed by atoms with E-state index in [9.17, 15) is 9.59 Å². The molecule has 1 fully saturated rings. The van der Waals surface area contributed by atoms with Crippen LogP contribution in [-0.4, -0.2) is 21.6 Å². The number of carbonyl (C=O) groups excluding carboxylic acids is 2. The van der Waals surface area contributed by atoms with Crippen LogP contribution in [0.15, 0.2) is 36.7 Å². The summed E-state index contributed by atoms with van der Waals surface area (Å²) in [6, 6.07) is 5.51. The molecule has 1 aliphatic rings. The van der Waals surface area contributed by atoms with Crippen molar-refractivity contribution in [2.75, 3.05) is 10.6 Å².